The van der Waals surface area contributed by atoms with Gasteiger partial charge >= 0.3 is 5.69 Å². The van der Waals surface area contributed by atoms with Gasteiger partial charge in [-0.15, -0.1) is 0 Å². The Morgan fingerprint density at radius 2 is 1.76 bits per heavy atom. The van der Waals surface area contributed by atoms with Gasteiger partial charge in [0.1, 0.15) is 12.4 Å². The van der Waals surface area contributed by atoms with E-state index in [-0.39, 0.29) is 5.65 Å². The molecular weight excluding hydrogens is 468 g/mol. The lowest BCUT2D eigenvalue weighted by Crippen LogP contribution is -2.29. The van der Waals surface area contributed by atoms with Crippen molar-refractivity contribution in [2.75, 3.05) is 5.43 Å². The number of H-pyrrole nitrogens is 1. The lowest BCUT2D eigenvalue weighted by atomic mass is 10.1. The number of aryl methyl sites for hydroxylation is 2. The predicted molar refractivity (Wildman–Crippen MR) is 144 cm³/mol. The zero-order valence-corrected chi connectivity index (χ0v) is 20.5. The van der Waals surface area contributed by atoms with Gasteiger partial charge in [0.15, 0.2) is 11.2 Å². The molecule has 2 N–H and O–H groups in total. The number of rotatable bonds is 8. The van der Waals surface area contributed by atoms with Crippen molar-refractivity contribution in [3.8, 4) is 5.75 Å². The lowest BCUT2D eigenvalue weighted by Gasteiger charge is -2.09. The number of benzene rings is 3. The molecule has 0 saturated carbocycles. The van der Waals surface area contributed by atoms with Crippen LogP contribution in [0.15, 0.2) is 93.6 Å². The van der Waals surface area contributed by atoms with E-state index >= 15 is 0 Å². The van der Waals surface area contributed by atoms with Gasteiger partial charge in [-0.25, -0.2) is 10.2 Å². The van der Waals surface area contributed by atoms with Crippen molar-refractivity contribution in [3.05, 3.63) is 122 Å². The second-order valence-corrected chi connectivity index (χ2v) is 8.71. The van der Waals surface area contributed by atoms with E-state index in [9.17, 15) is 9.59 Å². The van der Waals surface area contributed by atoms with E-state index in [4.69, 9.17) is 4.74 Å². The molecule has 0 atom stereocenters. The number of ether oxygens (including phenoxy) is 1. The van der Waals surface area contributed by atoms with Gasteiger partial charge in [0, 0.05) is 7.05 Å². The molecule has 0 aliphatic carbocycles. The number of aromatic nitrogens is 4. The van der Waals surface area contributed by atoms with E-state index in [0.717, 1.165) is 28.0 Å². The summed E-state index contributed by atoms with van der Waals surface area (Å²) in [5.74, 6) is 1.11. The van der Waals surface area contributed by atoms with Gasteiger partial charge in [0.05, 0.1) is 12.8 Å². The van der Waals surface area contributed by atoms with Gasteiger partial charge in [-0.1, -0.05) is 60.2 Å². The summed E-state index contributed by atoms with van der Waals surface area (Å²) in [6.07, 6.45) is 1.65. The monoisotopic (exact) mass is 494 g/mol. The number of nitrogens with zero attached hydrogens (tertiary/aromatic N) is 4. The molecule has 0 fully saturated rings. The van der Waals surface area contributed by atoms with E-state index in [1.54, 1.807) is 17.8 Å². The van der Waals surface area contributed by atoms with Crippen molar-refractivity contribution in [2.45, 2.75) is 20.1 Å². The first-order chi connectivity index (χ1) is 18.0. The van der Waals surface area contributed by atoms with Crippen molar-refractivity contribution in [1.29, 1.82) is 0 Å². The van der Waals surface area contributed by atoms with Crippen LogP contribution in [-0.2, 0) is 20.2 Å². The molecule has 0 amide bonds. The van der Waals surface area contributed by atoms with E-state index in [0.29, 0.717) is 24.6 Å². The number of hydrogen-bond donors (Lipinski definition) is 2. The van der Waals surface area contributed by atoms with Gasteiger partial charge in [0.2, 0.25) is 5.95 Å². The molecule has 0 spiro atoms. The first kappa shape index (κ1) is 23.8. The number of aromatic amines is 1. The van der Waals surface area contributed by atoms with Crippen molar-refractivity contribution >= 4 is 23.3 Å². The number of hydrogen-bond acceptors (Lipinski definition) is 6. The Labute approximate surface area is 212 Å². The van der Waals surface area contributed by atoms with Gasteiger partial charge < -0.3 is 4.74 Å². The van der Waals surface area contributed by atoms with Gasteiger partial charge in [-0.3, -0.25) is 18.9 Å². The zero-order chi connectivity index (χ0) is 25.8. The van der Waals surface area contributed by atoms with Crippen LogP contribution in [0.2, 0.25) is 0 Å². The fourth-order valence-corrected chi connectivity index (χ4v) is 4.02. The highest BCUT2D eigenvalue weighted by molar-refractivity contribution is 5.80. The summed E-state index contributed by atoms with van der Waals surface area (Å²) in [5.41, 5.74) is 6.54. The molecule has 9 nitrogen and oxygen atoms in total. The van der Waals surface area contributed by atoms with Crippen LogP contribution >= 0.6 is 0 Å². The fraction of sp³-hybridized carbons (Fsp3) is 0.143. The largest absolute Gasteiger partial charge is 0.489 e. The molecular formula is C28H26N6O3. The maximum Gasteiger partial charge on any atom is 0.329 e. The molecule has 186 valence electrons. The highest BCUT2D eigenvalue weighted by Crippen LogP contribution is 2.19. The Hall–Kier alpha value is -4.92. The summed E-state index contributed by atoms with van der Waals surface area (Å²) in [5, 5.41) is 4.33. The molecule has 0 aliphatic rings. The number of imidazole rings is 1. The third-order valence-corrected chi connectivity index (χ3v) is 5.94. The van der Waals surface area contributed by atoms with Crippen LogP contribution in [0.5, 0.6) is 5.75 Å². The zero-order valence-electron chi connectivity index (χ0n) is 20.5. The summed E-state index contributed by atoms with van der Waals surface area (Å²) < 4.78 is 8.87. The third-order valence-electron chi connectivity index (χ3n) is 5.94. The topological polar surface area (TPSA) is 106 Å². The molecule has 2 heterocycles. The Morgan fingerprint density at radius 3 is 2.51 bits per heavy atom. The van der Waals surface area contributed by atoms with E-state index in [2.05, 4.69) is 20.5 Å². The van der Waals surface area contributed by atoms with Crippen LogP contribution in [0.25, 0.3) is 11.2 Å². The minimum Gasteiger partial charge on any atom is -0.489 e. The van der Waals surface area contributed by atoms with Crippen molar-refractivity contribution in [1.82, 2.24) is 19.1 Å². The Morgan fingerprint density at radius 1 is 1.00 bits per heavy atom. The highest BCUT2D eigenvalue weighted by atomic mass is 16.5. The van der Waals surface area contributed by atoms with Crippen LogP contribution in [0.3, 0.4) is 0 Å². The Kier molecular flexibility index (Phi) is 6.67. The number of nitrogens with one attached hydrogen (secondary N) is 2. The number of hydrazone groups is 1. The molecule has 5 aromatic rings. The maximum atomic E-state index is 12.7. The summed E-state index contributed by atoms with van der Waals surface area (Å²) >= 11 is 0. The Bertz CT molecular complexity index is 1680. The van der Waals surface area contributed by atoms with Crippen molar-refractivity contribution in [2.24, 2.45) is 12.1 Å². The molecule has 0 radical (unpaired) electrons. The summed E-state index contributed by atoms with van der Waals surface area (Å²) in [4.78, 5) is 31.7. The lowest BCUT2D eigenvalue weighted by molar-refractivity contribution is 0.306. The van der Waals surface area contributed by atoms with Gasteiger partial charge in [-0.05, 0) is 47.9 Å². The molecule has 0 saturated heterocycles. The highest BCUT2D eigenvalue weighted by Gasteiger charge is 2.17. The summed E-state index contributed by atoms with van der Waals surface area (Å²) in [6.45, 7) is 2.88. The van der Waals surface area contributed by atoms with Crippen LogP contribution in [0.4, 0.5) is 5.95 Å². The number of fused-ring (bicyclic) bond motifs is 1. The molecule has 9 heteroatoms. The number of anilines is 1. The first-order valence-corrected chi connectivity index (χ1v) is 11.8. The molecule has 0 aliphatic heterocycles. The predicted octanol–water partition coefficient (Wildman–Crippen LogP) is 3.81. The average molecular weight is 495 g/mol. The maximum absolute atomic E-state index is 12.7. The van der Waals surface area contributed by atoms with E-state index < -0.39 is 11.2 Å². The molecule has 0 unspecified atom stereocenters. The SMILES string of the molecule is Cc1cccc(Cn2c(NN=Cc3ccc(OCc4ccccc4)cc3)nc3c2c(=O)[nH]c(=O)n3C)c1. The van der Waals surface area contributed by atoms with Gasteiger partial charge in [-0.2, -0.15) is 10.1 Å². The van der Waals surface area contributed by atoms with E-state index in [1.165, 1.54) is 4.57 Å². The van der Waals surface area contributed by atoms with Crippen LogP contribution in [0, 0.1) is 6.92 Å². The Balaban J connectivity index is 1.37. The second-order valence-electron chi connectivity index (χ2n) is 8.71. The quantitative estimate of drug-likeness (QED) is 0.252. The van der Waals surface area contributed by atoms with Crippen molar-refractivity contribution in [3.63, 3.8) is 0 Å². The molecule has 0 bridgehead atoms. The van der Waals surface area contributed by atoms with Crippen LogP contribution in [0.1, 0.15) is 22.3 Å². The normalized spacial score (nSPS) is 11.3. The van der Waals surface area contributed by atoms with Gasteiger partial charge in [0.25, 0.3) is 5.56 Å². The second kappa shape index (κ2) is 10.4. The van der Waals surface area contributed by atoms with Crippen LogP contribution < -0.4 is 21.4 Å². The smallest absolute Gasteiger partial charge is 0.329 e. The van der Waals surface area contributed by atoms with Crippen LogP contribution in [-0.4, -0.2) is 25.3 Å². The summed E-state index contributed by atoms with van der Waals surface area (Å²) in [6, 6.07) is 25.5. The van der Waals surface area contributed by atoms with Crippen molar-refractivity contribution < 1.29 is 4.74 Å². The molecule has 2 aromatic heterocycles. The summed E-state index contributed by atoms with van der Waals surface area (Å²) in [7, 11) is 1.57. The molecule has 3 aromatic carbocycles. The molecule has 37 heavy (non-hydrogen) atoms. The third kappa shape index (κ3) is 5.35. The minimum absolute atomic E-state index is 0.277. The van der Waals surface area contributed by atoms with E-state index in [1.807, 2.05) is 85.8 Å². The first-order valence-electron chi connectivity index (χ1n) is 11.8. The fourth-order valence-electron chi connectivity index (χ4n) is 4.02. The standard InChI is InChI=1S/C28H26N6O3/c1-19-7-6-10-22(15-19)17-34-24-25(33(2)28(36)31-26(24)35)30-27(34)32-29-16-20-11-13-23(14-12-20)37-18-21-8-4-3-5-9-21/h3-16H,17-18H2,1-2H3,(H,30,32)(H,31,35,36). The minimum atomic E-state index is -0.526. The molecule has 5 rings (SSSR count). The average Bonchev–Trinajstić information content (AvgIpc) is 3.26.